The Morgan fingerprint density at radius 3 is 2.48 bits per heavy atom. The third-order valence-electron chi connectivity index (χ3n) is 3.43. The molecule has 0 aliphatic carbocycles. The number of hydrogen-bond acceptors (Lipinski definition) is 4. The van der Waals surface area contributed by atoms with Gasteiger partial charge in [0, 0.05) is 18.0 Å². The third-order valence-corrected chi connectivity index (χ3v) is 3.43. The summed E-state index contributed by atoms with van der Waals surface area (Å²) in [6, 6.07) is 5.30. The Morgan fingerprint density at radius 2 is 1.87 bits per heavy atom. The number of carbonyl (C=O) groups is 1. The van der Waals surface area contributed by atoms with Crippen LogP contribution in [0.25, 0.3) is 10.9 Å². The zero-order valence-corrected chi connectivity index (χ0v) is 13.2. The number of fused-ring (bicyclic) bond motifs is 1. The van der Waals surface area contributed by atoms with Crippen molar-refractivity contribution in [3.63, 3.8) is 0 Å². The monoisotopic (exact) mass is 317 g/mol. The molecular formula is C17H19NO5. The van der Waals surface area contributed by atoms with E-state index in [1.54, 1.807) is 4.57 Å². The summed E-state index contributed by atoms with van der Waals surface area (Å²) in [6.07, 6.45) is 1.43. The molecular weight excluding hydrogens is 298 g/mol. The van der Waals surface area contributed by atoms with Crippen molar-refractivity contribution >= 4 is 16.9 Å². The van der Waals surface area contributed by atoms with Crippen LogP contribution in [-0.4, -0.2) is 22.2 Å². The molecule has 0 fully saturated rings. The summed E-state index contributed by atoms with van der Waals surface area (Å²) in [4.78, 5) is 35.8. The lowest BCUT2D eigenvalue weighted by Crippen LogP contribution is -2.17. The van der Waals surface area contributed by atoms with Crippen molar-refractivity contribution in [3.05, 3.63) is 50.4 Å². The van der Waals surface area contributed by atoms with E-state index in [2.05, 4.69) is 0 Å². The van der Waals surface area contributed by atoms with Gasteiger partial charge in [0.15, 0.2) is 11.2 Å². The van der Waals surface area contributed by atoms with Gasteiger partial charge in [0.2, 0.25) is 5.43 Å². The van der Waals surface area contributed by atoms with E-state index in [1.165, 1.54) is 18.2 Å². The van der Waals surface area contributed by atoms with Crippen LogP contribution < -0.4 is 15.6 Å². The van der Waals surface area contributed by atoms with Crippen molar-refractivity contribution in [1.82, 2.24) is 4.57 Å². The number of aryl methyl sites for hydroxylation is 1. The first kappa shape index (κ1) is 16.7. The second-order valence-electron chi connectivity index (χ2n) is 5.20. The molecule has 2 aromatic rings. The highest BCUT2D eigenvalue weighted by Crippen LogP contribution is 2.16. The Bertz CT molecular complexity index is 854. The molecule has 1 aromatic heterocycles. The average molecular weight is 317 g/mol. The SMILES string of the molecule is CCCOc1cc2c(=O)cc(C(=O)O)n(CCC)c2ccc1=O. The summed E-state index contributed by atoms with van der Waals surface area (Å²) < 4.78 is 6.95. The van der Waals surface area contributed by atoms with E-state index in [0.717, 1.165) is 12.5 Å². The lowest BCUT2D eigenvalue weighted by molar-refractivity contribution is 0.0684. The number of aromatic nitrogens is 1. The molecule has 0 saturated heterocycles. The predicted molar refractivity (Wildman–Crippen MR) is 87.5 cm³/mol. The van der Waals surface area contributed by atoms with Crippen LogP contribution in [0.2, 0.25) is 0 Å². The zero-order chi connectivity index (χ0) is 17.0. The molecule has 0 aliphatic rings. The molecule has 0 radical (unpaired) electrons. The fourth-order valence-corrected chi connectivity index (χ4v) is 2.41. The quantitative estimate of drug-likeness (QED) is 0.883. The van der Waals surface area contributed by atoms with Crippen molar-refractivity contribution in [2.24, 2.45) is 0 Å². The van der Waals surface area contributed by atoms with Crippen LogP contribution in [0.3, 0.4) is 0 Å². The first-order valence-electron chi connectivity index (χ1n) is 7.57. The molecule has 1 N–H and O–H groups in total. The number of carboxylic acids is 1. The molecule has 0 spiro atoms. The summed E-state index contributed by atoms with van der Waals surface area (Å²) in [5.41, 5.74) is -0.449. The van der Waals surface area contributed by atoms with Gasteiger partial charge in [0.05, 0.1) is 12.1 Å². The topological polar surface area (TPSA) is 85.6 Å². The lowest BCUT2D eigenvalue weighted by atomic mass is 10.2. The molecule has 0 amide bonds. The summed E-state index contributed by atoms with van der Waals surface area (Å²) in [5, 5.41) is 9.59. The van der Waals surface area contributed by atoms with Gasteiger partial charge < -0.3 is 14.4 Å². The lowest BCUT2D eigenvalue weighted by Gasteiger charge is -2.12. The van der Waals surface area contributed by atoms with Crippen molar-refractivity contribution in [3.8, 4) is 5.75 Å². The number of aromatic carboxylic acids is 1. The first-order valence-corrected chi connectivity index (χ1v) is 7.57. The van der Waals surface area contributed by atoms with Gasteiger partial charge in [-0.25, -0.2) is 4.79 Å². The molecule has 0 saturated carbocycles. The van der Waals surface area contributed by atoms with Gasteiger partial charge in [-0.3, -0.25) is 9.59 Å². The molecule has 6 heteroatoms. The van der Waals surface area contributed by atoms with Crippen molar-refractivity contribution < 1.29 is 14.6 Å². The van der Waals surface area contributed by atoms with Gasteiger partial charge in [-0.1, -0.05) is 13.8 Å². The van der Waals surface area contributed by atoms with E-state index in [0.29, 0.717) is 25.1 Å². The van der Waals surface area contributed by atoms with E-state index in [4.69, 9.17) is 4.74 Å². The van der Waals surface area contributed by atoms with E-state index < -0.39 is 11.4 Å². The van der Waals surface area contributed by atoms with Gasteiger partial charge in [-0.05, 0) is 31.0 Å². The Morgan fingerprint density at radius 1 is 1.13 bits per heavy atom. The van der Waals surface area contributed by atoms with Crippen LogP contribution in [0.5, 0.6) is 5.75 Å². The van der Waals surface area contributed by atoms with E-state index in [-0.39, 0.29) is 22.3 Å². The Hall–Kier alpha value is -2.63. The van der Waals surface area contributed by atoms with Crippen LogP contribution in [-0.2, 0) is 6.54 Å². The van der Waals surface area contributed by atoms with Crippen molar-refractivity contribution in [2.75, 3.05) is 6.61 Å². The minimum Gasteiger partial charge on any atom is -0.489 e. The molecule has 6 nitrogen and oxygen atoms in total. The highest BCUT2D eigenvalue weighted by atomic mass is 16.5. The van der Waals surface area contributed by atoms with Gasteiger partial charge in [0.1, 0.15) is 5.69 Å². The van der Waals surface area contributed by atoms with Crippen LogP contribution in [0, 0.1) is 0 Å². The third kappa shape index (κ3) is 3.41. The number of pyridine rings is 1. The molecule has 2 rings (SSSR count). The molecule has 122 valence electrons. The van der Waals surface area contributed by atoms with Gasteiger partial charge in [-0.15, -0.1) is 0 Å². The van der Waals surface area contributed by atoms with Gasteiger partial charge >= 0.3 is 5.97 Å². The minimum atomic E-state index is -1.17. The Kier molecular flexibility index (Phi) is 5.16. The molecule has 0 unspecified atom stereocenters. The normalized spacial score (nSPS) is 10.7. The van der Waals surface area contributed by atoms with E-state index in [1.807, 2.05) is 13.8 Å². The fourth-order valence-electron chi connectivity index (χ4n) is 2.41. The fraction of sp³-hybridized carbons (Fsp3) is 0.353. The van der Waals surface area contributed by atoms with Crippen LogP contribution in [0.4, 0.5) is 0 Å². The first-order chi connectivity index (χ1) is 11.0. The summed E-state index contributed by atoms with van der Waals surface area (Å²) in [7, 11) is 0. The zero-order valence-electron chi connectivity index (χ0n) is 13.2. The summed E-state index contributed by atoms with van der Waals surface area (Å²) in [6.45, 7) is 4.63. The molecule has 0 atom stereocenters. The molecule has 1 aromatic carbocycles. The van der Waals surface area contributed by atoms with Crippen LogP contribution >= 0.6 is 0 Å². The smallest absolute Gasteiger partial charge is 0.352 e. The second-order valence-corrected chi connectivity index (χ2v) is 5.20. The van der Waals surface area contributed by atoms with Crippen molar-refractivity contribution in [1.29, 1.82) is 0 Å². The number of hydrogen-bond donors (Lipinski definition) is 1. The highest BCUT2D eigenvalue weighted by molar-refractivity contribution is 5.90. The largest absolute Gasteiger partial charge is 0.489 e. The maximum atomic E-state index is 12.3. The number of carboxylic acid groups (broad SMARTS) is 1. The number of nitrogens with zero attached hydrogens (tertiary/aromatic N) is 1. The van der Waals surface area contributed by atoms with Crippen molar-refractivity contribution in [2.45, 2.75) is 33.2 Å². The molecule has 23 heavy (non-hydrogen) atoms. The number of ether oxygens (including phenoxy) is 1. The van der Waals surface area contributed by atoms with E-state index >= 15 is 0 Å². The maximum absolute atomic E-state index is 12.3. The molecule has 0 aliphatic heterocycles. The summed E-state index contributed by atoms with van der Waals surface area (Å²) in [5.74, 6) is -1.07. The van der Waals surface area contributed by atoms with Crippen LogP contribution in [0.15, 0.2) is 33.9 Å². The minimum absolute atomic E-state index is 0.0842. The van der Waals surface area contributed by atoms with Crippen LogP contribution in [0.1, 0.15) is 37.2 Å². The molecule has 1 heterocycles. The summed E-state index contributed by atoms with van der Waals surface area (Å²) >= 11 is 0. The second kappa shape index (κ2) is 7.09. The highest BCUT2D eigenvalue weighted by Gasteiger charge is 2.14. The van der Waals surface area contributed by atoms with Gasteiger partial charge in [-0.2, -0.15) is 0 Å². The maximum Gasteiger partial charge on any atom is 0.352 e. The standard InChI is InChI=1S/C17H19NO5/c1-3-7-18-12-5-6-14(19)16(23-8-4-2)9-11(12)15(20)10-13(18)17(21)22/h5-6,9-10H,3-4,7-8H2,1-2H3,(H,21,22). The van der Waals surface area contributed by atoms with E-state index in [9.17, 15) is 19.5 Å². The predicted octanol–water partition coefficient (Wildman–Crippen LogP) is 2.26. The Balaban J connectivity index is 2.86. The number of rotatable bonds is 6. The van der Waals surface area contributed by atoms with Gasteiger partial charge in [0.25, 0.3) is 0 Å². The average Bonchev–Trinajstić information content (AvgIpc) is 2.68. The Labute approximate surface area is 133 Å². The molecule has 0 bridgehead atoms.